The van der Waals surface area contributed by atoms with Crippen molar-refractivity contribution in [3.63, 3.8) is 0 Å². The van der Waals surface area contributed by atoms with E-state index in [1.807, 2.05) is 0 Å². The Morgan fingerprint density at radius 2 is 1.50 bits per heavy atom. The fourth-order valence-electron chi connectivity index (χ4n) is 3.02. The molecule has 2 aliphatic heterocycles. The first-order valence-corrected chi connectivity index (χ1v) is 6.90. The van der Waals surface area contributed by atoms with Crippen LogP contribution in [0.3, 0.4) is 0 Å². The van der Waals surface area contributed by atoms with E-state index >= 15 is 0 Å². The van der Waals surface area contributed by atoms with Gasteiger partial charge < -0.3 is 4.90 Å². The van der Waals surface area contributed by atoms with Crippen molar-refractivity contribution in [3.8, 4) is 0 Å². The highest BCUT2D eigenvalue weighted by Crippen LogP contribution is 2.21. The molecule has 0 aromatic rings. The summed E-state index contributed by atoms with van der Waals surface area (Å²) < 4.78 is 0. The van der Waals surface area contributed by atoms with Crippen molar-refractivity contribution >= 4 is 0 Å². The molecule has 2 rings (SSSR count). The average molecular weight is 225 g/mol. The van der Waals surface area contributed by atoms with Crippen LogP contribution in [-0.4, -0.2) is 48.2 Å². The van der Waals surface area contributed by atoms with E-state index in [9.17, 15) is 0 Å². The van der Waals surface area contributed by atoms with Gasteiger partial charge in [0.15, 0.2) is 0 Å². The lowest BCUT2D eigenvalue weighted by molar-refractivity contribution is 0.0181. The van der Waals surface area contributed by atoms with Crippen LogP contribution in [0.5, 0.6) is 0 Å². The molecule has 0 aromatic heterocycles. The molecule has 2 heterocycles. The van der Waals surface area contributed by atoms with Gasteiger partial charge in [-0.05, 0) is 59.7 Å². The monoisotopic (exact) mass is 225 g/mol. The number of hydrogen-bond acceptors (Lipinski definition) is 3. The smallest absolute Gasteiger partial charge is 0.0239 e. The first-order chi connectivity index (χ1) is 7.66. The van der Waals surface area contributed by atoms with E-state index in [1.54, 1.807) is 0 Å². The third-order valence-electron chi connectivity index (χ3n) is 4.24. The molecule has 16 heavy (non-hydrogen) atoms. The molecule has 0 amide bonds. The maximum absolute atomic E-state index is 3.78. The summed E-state index contributed by atoms with van der Waals surface area (Å²) >= 11 is 0. The number of piperidine rings is 2. The van der Waals surface area contributed by atoms with Crippen molar-refractivity contribution in [3.05, 3.63) is 0 Å². The van der Waals surface area contributed by atoms with Gasteiger partial charge >= 0.3 is 0 Å². The van der Waals surface area contributed by atoms with Crippen molar-refractivity contribution in [2.45, 2.75) is 64.1 Å². The number of hydrogen-bond donors (Lipinski definition) is 1. The Hall–Kier alpha value is -0.120. The lowest BCUT2D eigenvalue weighted by Gasteiger charge is -2.43. The standard InChI is InChI=1S/C13H27N3/c1-11-5-4-6-12(2)16(11)14-13-7-9-15(3)10-8-13/h11-14H,4-10H2,1-3H3. The largest absolute Gasteiger partial charge is 0.306 e. The lowest BCUT2D eigenvalue weighted by Crippen LogP contribution is -2.57. The molecule has 0 saturated carbocycles. The van der Waals surface area contributed by atoms with Crippen LogP contribution in [0, 0.1) is 0 Å². The quantitative estimate of drug-likeness (QED) is 0.774. The van der Waals surface area contributed by atoms with Gasteiger partial charge in [-0.1, -0.05) is 6.42 Å². The fraction of sp³-hybridized carbons (Fsp3) is 1.00. The zero-order chi connectivity index (χ0) is 11.5. The predicted octanol–water partition coefficient (Wildman–Crippen LogP) is 1.85. The van der Waals surface area contributed by atoms with Gasteiger partial charge in [0.25, 0.3) is 0 Å². The van der Waals surface area contributed by atoms with E-state index < -0.39 is 0 Å². The maximum Gasteiger partial charge on any atom is 0.0239 e. The Labute approximate surface area is 100 Å². The van der Waals surface area contributed by atoms with E-state index in [0.29, 0.717) is 18.1 Å². The van der Waals surface area contributed by atoms with Gasteiger partial charge in [0.05, 0.1) is 0 Å². The second kappa shape index (κ2) is 5.48. The number of hydrazine groups is 1. The summed E-state index contributed by atoms with van der Waals surface area (Å²) in [5, 5.41) is 2.53. The lowest BCUT2D eigenvalue weighted by atomic mass is 9.99. The molecule has 1 N–H and O–H groups in total. The Kier molecular flexibility index (Phi) is 4.22. The fourth-order valence-corrected chi connectivity index (χ4v) is 3.02. The summed E-state index contributed by atoms with van der Waals surface area (Å²) in [6.07, 6.45) is 6.70. The van der Waals surface area contributed by atoms with Crippen LogP contribution in [-0.2, 0) is 0 Å². The molecule has 2 atom stereocenters. The molecule has 0 radical (unpaired) electrons. The summed E-state index contributed by atoms with van der Waals surface area (Å²) in [6.45, 7) is 7.21. The van der Waals surface area contributed by atoms with E-state index in [4.69, 9.17) is 0 Å². The molecule has 3 heteroatoms. The van der Waals surface area contributed by atoms with Crippen molar-refractivity contribution < 1.29 is 0 Å². The zero-order valence-electron chi connectivity index (χ0n) is 11.1. The first-order valence-electron chi connectivity index (χ1n) is 6.90. The van der Waals surface area contributed by atoms with Gasteiger partial charge in [0.1, 0.15) is 0 Å². The highest BCUT2D eigenvalue weighted by molar-refractivity contribution is 4.81. The minimum Gasteiger partial charge on any atom is -0.306 e. The summed E-state index contributed by atoms with van der Waals surface area (Å²) in [5.41, 5.74) is 3.78. The minimum absolute atomic E-state index is 0.708. The molecule has 0 spiro atoms. The number of likely N-dealkylation sites (tertiary alicyclic amines) is 1. The van der Waals surface area contributed by atoms with Crippen LogP contribution in [0.25, 0.3) is 0 Å². The summed E-state index contributed by atoms with van der Waals surface area (Å²) in [7, 11) is 2.22. The average Bonchev–Trinajstić information content (AvgIpc) is 2.26. The summed E-state index contributed by atoms with van der Waals surface area (Å²) in [4.78, 5) is 2.43. The Morgan fingerprint density at radius 3 is 2.06 bits per heavy atom. The number of nitrogens with zero attached hydrogens (tertiary/aromatic N) is 2. The van der Waals surface area contributed by atoms with E-state index in [-0.39, 0.29) is 0 Å². The second-order valence-corrected chi connectivity index (χ2v) is 5.74. The summed E-state index contributed by atoms with van der Waals surface area (Å²) in [5.74, 6) is 0. The third-order valence-corrected chi connectivity index (χ3v) is 4.24. The molecular formula is C13H27N3. The number of nitrogens with one attached hydrogen (secondary N) is 1. The van der Waals surface area contributed by atoms with Gasteiger partial charge in [-0.3, -0.25) is 5.43 Å². The van der Waals surface area contributed by atoms with Gasteiger partial charge in [-0.2, -0.15) is 0 Å². The van der Waals surface area contributed by atoms with Crippen molar-refractivity contribution in [2.75, 3.05) is 20.1 Å². The van der Waals surface area contributed by atoms with Crippen LogP contribution in [0.15, 0.2) is 0 Å². The molecule has 94 valence electrons. The molecule has 2 fully saturated rings. The Morgan fingerprint density at radius 1 is 0.938 bits per heavy atom. The van der Waals surface area contributed by atoms with E-state index in [0.717, 1.165) is 0 Å². The molecule has 2 saturated heterocycles. The van der Waals surface area contributed by atoms with Crippen LogP contribution < -0.4 is 5.43 Å². The van der Waals surface area contributed by atoms with Gasteiger partial charge in [-0.25, -0.2) is 5.01 Å². The van der Waals surface area contributed by atoms with Gasteiger partial charge in [0, 0.05) is 18.1 Å². The van der Waals surface area contributed by atoms with Crippen molar-refractivity contribution in [1.82, 2.24) is 15.3 Å². The molecular weight excluding hydrogens is 198 g/mol. The molecule has 0 aromatic carbocycles. The first kappa shape index (κ1) is 12.3. The molecule has 2 aliphatic rings. The van der Waals surface area contributed by atoms with Crippen LogP contribution in [0.1, 0.15) is 46.0 Å². The van der Waals surface area contributed by atoms with E-state index in [1.165, 1.54) is 45.2 Å². The highest BCUT2D eigenvalue weighted by Gasteiger charge is 2.27. The van der Waals surface area contributed by atoms with Crippen molar-refractivity contribution in [1.29, 1.82) is 0 Å². The second-order valence-electron chi connectivity index (χ2n) is 5.74. The van der Waals surface area contributed by atoms with Crippen LogP contribution in [0.2, 0.25) is 0 Å². The zero-order valence-corrected chi connectivity index (χ0v) is 11.1. The SMILES string of the molecule is CC1CCCC(C)N1NC1CCN(C)CC1. The van der Waals surface area contributed by atoms with E-state index in [2.05, 4.69) is 36.2 Å². The summed E-state index contributed by atoms with van der Waals surface area (Å²) in [6, 6.07) is 2.13. The maximum atomic E-state index is 3.78. The number of rotatable bonds is 2. The van der Waals surface area contributed by atoms with Gasteiger partial charge in [-0.15, -0.1) is 0 Å². The topological polar surface area (TPSA) is 18.5 Å². The Balaban J connectivity index is 1.83. The third kappa shape index (κ3) is 2.96. The molecule has 3 nitrogen and oxygen atoms in total. The minimum atomic E-state index is 0.708. The van der Waals surface area contributed by atoms with Crippen LogP contribution in [0.4, 0.5) is 0 Å². The molecule has 2 unspecified atom stereocenters. The highest BCUT2D eigenvalue weighted by atomic mass is 15.5. The van der Waals surface area contributed by atoms with Crippen LogP contribution >= 0.6 is 0 Å². The molecule has 0 bridgehead atoms. The Bertz CT molecular complexity index is 201. The van der Waals surface area contributed by atoms with Gasteiger partial charge in [0.2, 0.25) is 0 Å². The van der Waals surface area contributed by atoms with Crippen molar-refractivity contribution in [2.24, 2.45) is 0 Å². The normalized spacial score (nSPS) is 35.4. The molecule has 0 aliphatic carbocycles. The predicted molar refractivity (Wildman–Crippen MR) is 68.3 cm³/mol.